The van der Waals surface area contributed by atoms with Crippen LogP contribution in [0.5, 0.6) is 0 Å². The number of likely N-dealkylation sites (N-methyl/N-ethyl adjacent to an activating group) is 2. The molecule has 0 aliphatic carbocycles. The molecule has 0 amide bonds. The van der Waals surface area contributed by atoms with Gasteiger partial charge < -0.3 is 11.5 Å². The molecule has 0 aliphatic rings. The number of hydrogen-bond donors (Lipinski definition) is 4. The Morgan fingerprint density at radius 3 is 1.93 bits per heavy atom. The fourth-order valence-electron chi connectivity index (χ4n) is 1.91. The number of nitrogens with one attached hydrogen (secondary N) is 2. The van der Waals surface area contributed by atoms with Crippen molar-refractivity contribution in [1.82, 2.24) is 10.6 Å². The topological polar surface area (TPSA) is 76.1 Å². The summed E-state index contributed by atoms with van der Waals surface area (Å²) >= 11 is 0. The fourth-order valence-corrected chi connectivity index (χ4v) is 1.91. The van der Waals surface area contributed by atoms with E-state index in [2.05, 4.69) is 24.5 Å². The van der Waals surface area contributed by atoms with Crippen molar-refractivity contribution in [3.05, 3.63) is 0 Å². The van der Waals surface area contributed by atoms with E-state index in [1.54, 1.807) is 0 Å². The highest BCUT2D eigenvalue weighted by Crippen LogP contribution is 2.11. The van der Waals surface area contributed by atoms with Gasteiger partial charge in [0.05, 0.1) is 5.66 Å². The van der Waals surface area contributed by atoms with E-state index in [0.29, 0.717) is 6.54 Å². The molecule has 0 aromatic carbocycles. The standard InChI is InChI=1S/C11H28N4/c1-3-14-11(10-13,15-4-2)8-6-5-7-9-12/h14-15H,3-10,12-13H2,1-2H3. The van der Waals surface area contributed by atoms with Gasteiger partial charge in [-0.05, 0) is 32.5 Å². The Hall–Kier alpha value is -0.160. The van der Waals surface area contributed by atoms with E-state index in [0.717, 1.165) is 32.5 Å². The lowest BCUT2D eigenvalue weighted by molar-refractivity contribution is 0.247. The van der Waals surface area contributed by atoms with Crippen LogP contribution in [0.15, 0.2) is 0 Å². The van der Waals surface area contributed by atoms with Crippen LogP contribution in [0.1, 0.15) is 39.5 Å². The predicted octanol–water partition coefficient (Wildman–Crippen LogP) is 0.380. The largest absolute Gasteiger partial charge is 0.330 e. The van der Waals surface area contributed by atoms with E-state index in [1.807, 2.05) is 0 Å². The maximum Gasteiger partial charge on any atom is 0.0813 e. The van der Waals surface area contributed by atoms with Crippen LogP contribution in [0.2, 0.25) is 0 Å². The molecule has 0 aromatic rings. The molecule has 0 aromatic heterocycles. The van der Waals surface area contributed by atoms with Gasteiger partial charge in [0.1, 0.15) is 0 Å². The van der Waals surface area contributed by atoms with Crippen LogP contribution >= 0.6 is 0 Å². The van der Waals surface area contributed by atoms with Gasteiger partial charge in [0, 0.05) is 6.54 Å². The third-order valence-corrected chi connectivity index (χ3v) is 2.69. The van der Waals surface area contributed by atoms with E-state index in [-0.39, 0.29) is 5.66 Å². The number of unbranched alkanes of at least 4 members (excludes halogenated alkanes) is 2. The minimum Gasteiger partial charge on any atom is -0.330 e. The molecule has 0 fully saturated rings. The van der Waals surface area contributed by atoms with Crippen LogP contribution in [0.3, 0.4) is 0 Å². The maximum absolute atomic E-state index is 5.84. The van der Waals surface area contributed by atoms with Gasteiger partial charge in [-0.15, -0.1) is 0 Å². The summed E-state index contributed by atoms with van der Waals surface area (Å²) < 4.78 is 0. The van der Waals surface area contributed by atoms with Crippen molar-refractivity contribution in [2.75, 3.05) is 26.2 Å². The Morgan fingerprint density at radius 1 is 0.933 bits per heavy atom. The van der Waals surface area contributed by atoms with E-state index in [9.17, 15) is 0 Å². The highest BCUT2D eigenvalue weighted by atomic mass is 15.2. The normalized spacial score (nSPS) is 12.0. The van der Waals surface area contributed by atoms with Crippen molar-refractivity contribution in [1.29, 1.82) is 0 Å². The quantitative estimate of drug-likeness (QED) is 0.314. The second-order valence-corrected chi connectivity index (χ2v) is 3.95. The van der Waals surface area contributed by atoms with Gasteiger partial charge in [0.15, 0.2) is 0 Å². The van der Waals surface area contributed by atoms with Crippen molar-refractivity contribution >= 4 is 0 Å². The minimum absolute atomic E-state index is 0.0713. The number of rotatable bonds is 10. The lowest BCUT2D eigenvalue weighted by atomic mass is 10.0. The fraction of sp³-hybridized carbons (Fsp3) is 1.00. The second kappa shape index (κ2) is 9.09. The average Bonchev–Trinajstić information content (AvgIpc) is 2.25. The van der Waals surface area contributed by atoms with Gasteiger partial charge in [0.2, 0.25) is 0 Å². The number of nitrogens with two attached hydrogens (primary N) is 2. The lowest BCUT2D eigenvalue weighted by Crippen LogP contribution is -2.61. The number of hydrogen-bond acceptors (Lipinski definition) is 4. The molecule has 0 saturated heterocycles. The molecule has 0 bridgehead atoms. The SMILES string of the molecule is CCNC(CN)(CCCCCN)NCC. The van der Waals surface area contributed by atoms with Gasteiger partial charge in [-0.1, -0.05) is 26.7 Å². The summed E-state index contributed by atoms with van der Waals surface area (Å²) in [4.78, 5) is 0. The molecule has 4 nitrogen and oxygen atoms in total. The van der Waals surface area contributed by atoms with Gasteiger partial charge >= 0.3 is 0 Å². The summed E-state index contributed by atoms with van der Waals surface area (Å²) in [5.41, 5.74) is 11.2. The Labute approximate surface area is 94.2 Å². The van der Waals surface area contributed by atoms with Crippen molar-refractivity contribution in [3.63, 3.8) is 0 Å². The van der Waals surface area contributed by atoms with E-state index in [4.69, 9.17) is 11.5 Å². The Morgan fingerprint density at radius 2 is 1.53 bits per heavy atom. The maximum atomic E-state index is 5.84. The third-order valence-electron chi connectivity index (χ3n) is 2.69. The van der Waals surface area contributed by atoms with Gasteiger partial charge in [-0.2, -0.15) is 0 Å². The summed E-state index contributed by atoms with van der Waals surface area (Å²) in [6.45, 7) is 7.54. The molecule has 15 heavy (non-hydrogen) atoms. The zero-order valence-corrected chi connectivity index (χ0v) is 10.3. The minimum atomic E-state index is -0.0713. The van der Waals surface area contributed by atoms with Gasteiger partial charge in [-0.25, -0.2) is 0 Å². The predicted molar refractivity (Wildman–Crippen MR) is 66.7 cm³/mol. The first-order chi connectivity index (χ1) is 7.24. The molecule has 92 valence electrons. The van der Waals surface area contributed by atoms with Crippen molar-refractivity contribution < 1.29 is 0 Å². The van der Waals surface area contributed by atoms with Gasteiger partial charge in [-0.3, -0.25) is 10.6 Å². The molecule has 0 aliphatic heterocycles. The molecular formula is C11H28N4. The molecule has 0 unspecified atom stereocenters. The van der Waals surface area contributed by atoms with E-state index < -0.39 is 0 Å². The van der Waals surface area contributed by atoms with E-state index >= 15 is 0 Å². The molecule has 4 heteroatoms. The van der Waals surface area contributed by atoms with Gasteiger partial charge in [0.25, 0.3) is 0 Å². The lowest BCUT2D eigenvalue weighted by Gasteiger charge is -2.34. The monoisotopic (exact) mass is 216 g/mol. The van der Waals surface area contributed by atoms with Crippen LogP contribution in [-0.4, -0.2) is 31.8 Å². The first kappa shape index (κ1) is 14.8. The first-order valence-electron chi connectivity index (χ1n) is 6.14. The highest BCUT2D eigenvalue weighted by molar-refractivity contribution is 4.85. The molecule has 0 saturated carbocycles. The summed E-state index contributed by atoms with van der Waals surface area (Å²) in [7, 11) is 0. The van der Waals surface area contributed by atoms with E-state index in [1.165, 1.54) is 12.8 Å². The zero-order chi connectivity index (χ0) is 11.6. The molecule has 0 radical (unpaired) electrons. The van der Waals surface area contributed by atoms with Crippen LogP contribution in [0.4, 0.5) is 0 Å². The molecular weight excluding hydrogens is 188 g/mol. The Kier molecular flexibility index (Phi) is 9.00. The Bertz CT molecular complexity index is 133. The molecule has 0 spiro atoms. The van der Waals surface area contributed by atoms with Crippen LogP contribution < -0.4 is 22.1 Å². The third kappa shape index (κ3) is 6.10. The highest BCUT2D eigenvalue weighted by Gasteiger charge is 2.24. The summed E-state index contributed by atoms with van der Waals surface area (Å²) in [5.74, 6) is 0. The molecule has 0 heterocycles. The summed E-state index contributed by atoms with van der Waals surface area (Å²) in [5, 5.41) is 6.91. The zero-order valence-electron chi connectivity index (χ0n) is 10.3. The van der Waals surface area contributed by atoms with Crippen molar-refractivity contribution in [2.24, 2.45) is 11.5 Å². The Balaban J connectivity index is 3.96. The molecule has 0 rings (SSSR count). The second-order valence-electron chi connectivity index (χ2n) is 3.95. The smallest absolute Gasteiger partial charge is 0.0813 e. The first-order valence-corrected chi connectivity index (χ1v) is 6.14. The van der Waals surface area contributed by atoms with Crippen molar-refractivity contribution in [3.8, 4) is 0 Å². The molecule has 0 atom stereocenters. The van der Waals surface area contributed by atoms with Crippen molar-refractivity contribution in [2.45, 2.75) is 45.2 Å². The average molecular weight is 216 g/mol. The van der Waals surface area contributed by atoms with Crippen LogP contribution in [0.25, 0.3) is 0 Å². The summed E-state index contributed by atoms with van der Waals surface area (Å²) in [6.07, 6.45) is 4.55. The summed E-state index contributed by atoms with van der Waals surface area (Å²) in [6, 6.07) is 0. The van der Waals surface area contributed by atoms with Crippen LogP contribution in [-0.2, 0) is 0 Å². The molecule has 6 N–H and O–H groups in total. The van der Waals surface area contributed by atoms with Crippen LogP contribution in [0, 0.1) is 0 Å².